The molecule has 2 aromatic rings. The molecule has 0 saturated carbocycles. The molecule has 0 bridgehead atoms. The molecule has 0 radical (unpaired) electrons. The quantitative estimate of drug-likeness (QED) is 0.438. The minimum atomic E-state index is -0.784. The van der Waals surface area contributed by atoms with Crippen LogP contribution in [0.25, 0.3) is 17.1 Å². The van der Waals surface area contributed by atoms with Gasteiger partial charge in [0.15, 0.2) is 5.82 Å². The molecule has 3 heterocycles. The minimum Gasteiger partial charge on any atom is -0.328 e. The summed E-state index contributed by atoms with van der Waals surface area (Å²) in [6.07, 6.45) is 3.32. The van der Waals surface area contributed by atoms with E-state index in [1.165, 1.54) is 12.1 Å². The summed E-state index contributed by atoms with van der Waals surface area (Å²) in [4.78, 5) is 33.6. The van der Waals surface area contributed by atoms with E-state index < -0.39 is 17.1 Å². The molecular formula is C19H11BrClFN4O2. The maximum Gasteiger partial charge on any atom is 0.357 e. The predicted molar refractivity (Wildman–Crippen MR) is 107 cm³/mol. The van der Waals surface area contributed by atoms with Crippen LogP contribution in [0.2, 0.25) is 5.15 Å². The van der Waals surface area contributed by atoms with Gasteiger partial charge in [0.1, 0.15) is 11.0 Å². The van der Waals surface area contributed by atoms with Crippen LogP contribution in [0.1, 0.15) is 5.56 Å². The summed E-state index contributed by atoms with van der Waals surface area (Å²) in [5.74, 6) is -0.344. The number of fused-ring (bicyclic) bond motifs is 1. The second kappa shape index (κ2) is 7.29. The van der Waals surface area contributed by atoms with Crippen molar-refractivity contribution in [1.82, 2.24) is 19.1 Å². The van der Waals surface area contributed by atoms with Gasteiger partial charge in [0.2, 0.25) is 0 Å². The second-order valence-electron chi connectivity index (χ2n) is 6.00. The van der Waals surface area contributed by atoms with E-state index in [4.69, 9.17) is 11.6 Å². The van der Waals surface area contributed by atoms with Crippen LogP contribution in [0, 0.1) is 5.82 Å². The van der Waals surface area contributed by atoms with Gasteiger partial charge in [-0.3, -0.25) is 4.79 Å². The van der Waals surface area contributed by atoms with Crippen LogP contribution >= 0.6 is 27.5 Å². The van der Waals surface area contributed by atoms with E-state index in [2.05, 4.69) is 25.9 Å². The van der Waals surface area contributed by atoms with E-state index in [1.54, 1.807) is 41.2 Å². The van der Waals surface area contributed by atoms with Gasteiger partial charge >= 0.3 is 5.69 Å². The molecular weight excluding hydrogens is 451 g/mol. The summed E-state index contributed by atoms with van der Waals surface area (Å²) in [5, 5.41) is 0.372. The highest BCUT2D eigenvalue weighted by Gasteiger charge is 2.18. The molecule has 0 N–H and O–H groups in total. The van der Waals surface area contributed by atoms with Crippen LogP contribution in [-0.4, -0.2) is 19.1 Å². The van der Waals surface area contributed by atoms with Gasteiger partial charge in [-0.05, 0) is 57.9 Å². The highest BCUT2D eigenvalue weighted by molar-refractivity contribution is 9.10. The number of hydrogen-bond donors (Lipinski definition) is 0. The Balaban J connectivity index is 1.87. The molecule has 2 aliphatic heterocycles. The number of nitrogens with zero attached hydrogens (tertiary/aromatic N) is 4. The lowest BCUT2D eigenvalue weighted by molar-refractivity contribution is 0.619. The Morgan fingerprint density at radius 3 is 2.68 bits per heavy atom. The standard InChI is InChI=1S/C19H11BrClFN4O2/c20-14-5-4-12(8-15(14)22)26-18(27)13-2-1-7-25(17(13)24-19(26)28)10-11-3-6-16(21)23-9-11/h1-9H,10H2. The van der Waals surface area contributed by atoms with Crippen LogP contribution in [0.5, 0.6) is 0 Å². The van der Waals surface area contributed by atoms with Gasteiger partial charge in [0.25, 0.3) is 5.56 Å². The molecule has 9 heteroatoms. The Bertz CT molecular complexity index is 1270. The van der Waals surface area contributed by atoms with Gasteiger partial charge in [-0.1, -0.05) is 17.7 Å². The Morgan fingerprint density at radius 2 is 1.96 bits per heavy atom. The van der Waals surface area contributed by atoms with Gasteiger partial charge in [-0.25, -0.2) is 18.7 Å². The zero-order valence-electron chi connectivity index (χ0n) is 14.1. The molecule has 4 rings (SSSR count). The molecule has 2 aliphatic rings. The number of pyridine rings is 2. The molecule has 1 aromatic heterocycles. The molecule has 28 heavy (non-hydrogen) atoms. The minimum absolute atomic E-state index is 0.113. The van der Waals surface area contributed by atoms with E-state index in [0.717, 1.165) is 16.2 Å². The lowest BCUT2D eigenvalue weighted by Crippen LogP contribution is -2.36. The van der Waals surface area contributed by atoms with Crippen molar-refractivity contribution in [3.8, 4) is 17.1 Å². The molecule has 0 spiro atoms. The first-order valence-electron chi connectivity index (χ1n) is 8.12. The number of aromatic nitrogens is 4. The zero-order chi connectivity index (χ0) is 19.8. The fourth-order valence-electron chi connectivity index (χ4n) is 2.86. The fraction of sp³-hybridized carbons (Fsp3) is 0.0526. The highest BCUT2D eigenvalue weighted by atomic mass is 79.9. The fourth-order valence-corrected chi connectivity index (χ4v) is 3.22. The highest BCUT2D eigenvalue weighted by Crippen LogP contribution is 2.19. The first-order valence-corrected chi connectivity index (χ1v) is 9.29. The molecule has 0 saturated heterocycles. The van der Waals surface area contributed by atoms with Crippen molar-refractivity contribution < 1.29 is 4.39 Å². The van der Waals surface area contributed by atoms with Gasteiger partial charge in [0, 0.05) is 12.4 Å². The number of halogens is 3. The van der Waals surface area contributed by atoms with Crippen LogP contribution < -0.4 is 11.2 Å². The monoisotopic (exact) mass is 460 g/mol. The number of rotatable bonds is 3. The maximum atomic E-state index is 13.9. The van der Waals surface area contributed by atoms with E-state index in [-0.39, 0.29) is 21.5 Å². The van der Waals surface area contributed by atoms with Crippen LogP contribution in [0.15, 0.2) is 68.9 Å². The Kier molecular flexibility index (Phi) is 4.82. The molecule has 0 unspecified atom stereocenters. The summed E-state index contributed by atoms with van der Waals surface area (Å²) in [7, 11) is 0. The van der Waals surface area contributed by atoms with E-state index >= 15 is 0 Å². The van der Waals surface area contributed by atoms with Crippen molar-refractivity contribution in [2.24, 2.45) is 0 Å². The average molecular weight is 462 g/mol. The summed E-state index contributed by atoms with van der Waals surface area (Å²) in [6.45, 7) is 0.352. The molecule has 6 nitrogen and oxygen atoms in total. The molecule has 0 amide bonds. The second-order valence-corrected chi connectivity index (χ2v) is 7.24. The van der Waals surface area contributed by atoms with Crippen LogP contribution in [0.3, 0.4) is 0 Å². The Labute approximate surface area is 171 Å². The largest absolute Gasteiger partial charge is 0.357 e. The summed E-state index contributed by atoms with van der Waals surface area (Å²) < 4.78 is 16.6. The number of benzene rings is 1. The number of hydrogen-bond acceptors (Lipinski definition) is 4. The van der Waals surface area contributed by atoms with Crippen molar-refractivity contribution >= 4 is 27.5 Å². The predicted octanol–water partition coefficient (Wildman–Crippen LogP) is 3.50. The average Bonchev–Trinajstić information content (AvgIpc) is 2.67. The summed E-state index contributed by atoms with van der Waals surface area (Å²) >= 11 is 8.85. The SMILES string of the molecule is O=c1nc2n(Cc3ccc(Cl)nc3)cccc-2c(=O)n1-c1ccc(Br)c(F)c1. The lowest BCUT2D eigenvalue weighted by atomic mass is 10.2. The van der Waals surface area contributed by atoms with Gasteiger partial charge in [0.05, 0.1) is 22.3 Å². The van der Waals surface area contributed by atoms with Gasteiger partial charge < -0.3 is 4.57 Å². The van der Waals surface area contributed by atoms with E-state index in [1.807, 2.05) is 0 Å². The Morgan fingerprint density at radius 1 is 1.14 bits per heavy atom. The first-order chi connectivity index (χ1) is 13.4. The van der Waals surface area contributed by atoms with Crippen molar-refractivity contribution in [2.75, 3.05) is 0 Å². The summed E-state index contributed by atoms with van der Waals surface area (Å²) in [6, 6.07) is 10.7. The smallest absolute Gasteiger partial charge is 0.328 e. The van der Waals surface area contributed by atoms with Gasteiger partial charge in [-0.2, -0.15) is 4.98 Å². The molecule has 0 atom stereocenters. The molecule has 0 aliphatic carbocycles. The van der Waals surface area contributed by atoms with E-state index in [0.29, 0.717) is 11.7 Å². The summed E-state index contributed by atoms with van der Waals surface area (Å²) in [5.41, 5.74) is -0.168. The third kappa shape index (κ3) is 3.36. The lowest BCUT2D eigenvalue weighted by Gasteiger charge is -2.15. The van der Waals surface area contributed by atoms with Crippen molar-refractivity contribution in [2.45, 2.75) is 6.54 Å². The third-order valence-corrected chi connectivity index (χ3v) is 5.04. The first kappa shape index (κ1) is 18.5. The zero-order valence-corrected chi connectivity index (χ0v) is 16.5. The molecule has 0 fully saturated rings. The van der Waals surface area contributed by atoms with Crippen LogP contribution in [0.4, 0.5) is 4.39 Å². The maximum absolute atomic E-state index is 13.9. The molecule has 140 valence electrons. The van der Waals surface area contributed by atoms with E-state index in [9.17, 15) is 14.0 Å². The third-order valence-electron chi connectivity index (χ3n) is 4.17. The van der Waals surface area contributed by atoms with Gasteiger partial charge in [-0.15, -0.1) is 0 Å². The van der Waals surface area contributed by atoms with Crippen molar-refractivity contribution in [3.05, 3.63) is 96.7 Å². The van der Waals surface area contributed by atoms with Crippen LogP contribution in [-0.2, 0) is 6.54 Å². The normalized spacial score (nSPS) is 11.1. The Hall–Kier alpha value is -2.84. The molecule has 1 aromatic carbocycles. The van der Waals surface area contributed by atoms with Crippen molar-refractivity contribution in [1.29, 1.82) is 0 Å². The topological polar surface area (TPSA) is 69.8 Å². The van der Waals surface area contributed by atoms with Crippen molar-refractivity contribution in [3.63, 3.8) is 0 Å².